The normalized spacial score (nSPS) is 29.2. The van der Waals surface area contributed by atoms with Gasteiger partial charge in [-0.3, -0.25) is 0 Å². The van der Waals surface area contributed by atoms with Gasteiger partial charge in [0.15, 0.2) is 5.65 Å². The van der Waals surface area contributed by atoms with Crippen LogP contribution >= 0.6 is 0 Å². The maximum absolute atomic E-state index is 4.37. The molecule has 18 heavy (non-hydrogen) atoms. The van der Waals surface area contributed by atoms with E-state index in [2.05, 4.69) is 26.6 Å². The van der Waals surface area contributed by atoms with Gasteiger partial charge in [0.05, 0.1) is 11.6 Å². The van der Waals surface area contributed by atoms with Crippen LogP contribution in [-0.4, -0.2) is 32.8 Å². The van der Waals surface area contributed by atoms with Crippen molar-refractivity contribution >= 4 is 17.2 Å². The highest BCUT2D eigenvalue weighted by Crippen LogP contribution is 2.38. The molecule has 92 valence electrons. The van der Waals surface area contributed by atoms with Crippen molar-refractivity contribution in [3.8, 4) is 0 Å². The molecule has 2 aromatic heterocycles. The molecule has 0 amide bonds. The van der Waals surface area contributed by atoms with Gasteiger partial charge in [-0.05, 0) is 37.8 Å². The Hall–Kier alpha value is -1.75. The van der Waals surface area contributed by atoms with Crippen LogP contribution in [0.1, 0.15) is 12.8 Å². The highest BCUT2D eigenvalue weighted by atomic mass is 15.3. The van der Waals surface area contributed by atoms with Crippen molar-refractivity contribution in [1.82, 2.24) is 25.1 Å². The lowest BCUT2D eigenvalue weighted by Gasteiger charge is -2.02. The third-order valence-electron chi connectivity index (χ3n) is 4.09. The molecular formula is C13H15N5. The smallest absolute Gasteiger partial charge is 0.165 e. The fourth-order valence-corrected chi connectivity index (χ4v) is 3.19. The summed E-state index contributed by atoms with van der Waals surface area (Å²) in [5, 5.41) is 8.83. The molecule has 1 N–H and O–H groups in total. The Morgan fingerprint density at radius 3 is 2.89 bits per heavy atom. The first-order valence-corrected chi connectivity index (χ1v) is 6.43. The monoisotopic (exact) mass is 241 g/mol. The fraction of sp³-hybridized carbons (Fsp3) is 0.462. The summed E-state index contributed by atoms with van der Waals surface area (Å²) in [6.45, 7) is 2.34. The second kappa shape index (κ2) is 3.88. The molecular weight excluding hydrogens is 226 g/mol. The number of fused-ring (bicyclic) bond motifs is 2. The Morgan fingerprint density at radius 1 is 1.22 bits per heavy atom. The van der Waals surface area contributed by atoms with E-state index >= 15 is 0 Å². The predicted molar refractivity (Wildman–Crippen MR) is 68.7 cm³/mol. The Bertz CT molecular complexity index is 601. The Balaban J connectivity index is 1.68. The minimum absolute atomic E-state index is 0.827. The van der Waals surface area contributed by atoms with E-state index in [-0.39, 0.29) is 0 Å². The second-order valence-electron chi connectivity index (χ2n) is 5.26. The first-order valence-electron chi connectivity index (χ1n) is 6.43. The zero-order valence-electron chi connectivity index (χ0n) is 10.1. The van der Waals surface area contributed by atoms with Gasteiger partial charge in [-0.2, -0.15) is 5.10 Å². The van der Waals surface area contributed by atoms with Crippen molar-refractivity contribution in [2.75, 3.05) is 13.1 Å². The minimum Gasteiger partial charge on any atom is -0.316 e. The lowest BCUT2D eigenvalue weighted by molar-refractivity contribution is 0.494. The maximum Gasteiger partial charge on any atom is 0.165 e. The van der Waals surface area contributed by atoms with Crippen LogP contribution in [0.3, 0.4) is 0 Å². The molecule has 5 heteroatoms. The van der Waals surface area contributed by atoms with E-state index in [1.54, 1.807) is 12.5 Å². The van der Waals surface area contributed by atoms with Crippen molar-refractivity contribution in [2.24, 2.45) is 11.8 Å². The minimum atomic E-state index is 0.827. The third-order valence-corrected chi connectivity index (χ3v) is 4.09. The lowest BCUT2D eigenvalue weighted by Crippen LogP contribution is -2.09. The number of nitrogens with zero attached hydrogens (tertiary/aromatic N) is 4. The SMILES string of the molecule is C(=C1\C[C@H]2CNC[C@H]2C1)/n1ncc2cncnc21. The fourth-order valence-electron chi connectivity index (χ4n) is 3.19. The molecule has 5 nitrogen and oxygen atoms in total. The van der Waals surface area contributed by atoms with Gasteiger partial charge < -0.3 is 5.32 Å². The van der Waals surface area contributed by atoms with Crippen LogP contribution in [0.2, 0.25) is 0 Å². The van der Waals surface area contributed by atoms with Crippen LogP contribution in [0.4, 0.5) is 0 Å². The van der Waals surface area contributed by atoms with Crippen molar-refractivity contribution in [3.05, 3.63) is 24.3 Å². The number of nitrogens with one attached hydrogen (secondary N) is 1. The topological polar surface area (TPSA) is 55.6 Å². The summed E-state index contributed by atoms with van der Waals surface area (Å²) in [7, 11) is 0. The molecule has 2 aromatic rings. The molecule has 0 spiro atoms. The quantitative estimate of drug-likeness (QED) is 0.817. The number of hydrogen-bond donors (Lipinski definition) is 1. The van der Waals surface area contributed by atoms with Gasteiger partial charge >= 0.3 is 0 Å². The molecule has 0 radical (unpaired) electrons. The molecule has 0 bridgehead atoms. The largest absolute Gasteiger partial charge is 0.316 e. The van der Waals surface area contributed by atoms with E-state index in [1.165, 1.54) is 31.5 Å². The molecule has 2 atom stereocenters. The van der Waals surface area contributed by atoms with E-state index in [9.17, 15) is 0 Å². The highest BCUT2D eigenvalue weighted by molar-refractivity contribution is 5.75. The Kier molecular flexibility index (Phi) is 2.20. The van der Waals surface area contributed by atoms with E-state index in [1.807, 2.05) is 10.9 Å². The molecule has 2 fully saturated rings. The summed E-state index contributed by atoms with van der Waals surface area (Å²) in [6.07, 6.45) is 9.76. The van der Waals surface area contributed by atoms with Crippen LogP contribution in [0.15, 0.2) is 24.3 Å². The van der Waals surface area contributed by atoms with Gasteiger partial charge in [0.25, 0.3) is 0 Å². The number of hydrogen-bond acceptors (Lipinski definition) is 4. The van der Waals surface area contributed by atoms with Gasteiger partial charge in [0, 0.05) is 12.4 Å². The van der Waals surface area contributed by atoms with E-state index in [0.29, 0.717) is 0 Å². The first-order chi connectivity index (χ1) is 8.90. The van der Waals surface area contributed by atoms with Crippen molar-refractivity contribution in [2.45, 2.75) is 12.8 Å². The molecule has 0 aromatic carbocycles. The van der Waals surface area contributed by atoms with Crippen LogP contribution in [0.5, 0.6) is 0 Å². The molecule has 1 saturated carbocycles. The average Bonchev–Trinajstić information content (AvgIpc) is 3.04. The number of rotatable bonds is 1. The molecule has 2 aliphatic rings. The van der Waals surface area contributed by atoms with Gasteiger partial charge in [-0.15, -0.1) is 0 Å². The van der Waals surface area contributed by atoms with E-state index in [4.69, 9.17) is 0 Å². The van der Waals surface area contributed by atoms with Gasteiger partial charge in [-0.1, -0.05) is 5.57 Å². The molecule has 1 aliphatic heterocycles. The van der Waals surface area contributed by atoms with Crippen LogP contribution < -0.4 is 5.32 Å². The van der Waals surface area contributed by atoms with Gasteiger partial charge in [-0.25, -0.2) is 14.6 Å². The molecule has 4 rings (SSSR count). The van der Waals surface area contributed by atoms with Gasteiger partial charge in [0.1, 0.15) is 6.33 Å². The summed E-state index contributed by atoms with van der Waals surface area (Å²) in [5.41, 5.74) is 2.39. The first kappa shape index (κ1) is 10.2. The summed E-state index contributed by atoms with van der Waals surface area (Å²) in [6, 6.07) is 0. The Morgan fingerprint density at radius 2 is 2.06 bits per heavy atom. The zero-order chi connectivity index (χ0) is 11.9. The van der Waals surface area contributed by atoms with Gasteiger partial charge in [0.2, 0.25) is 0 Å². The van der Waals surface area contributed by atoms with Crippen LogP contribution in [0.25, 0.3) is 17.2 Å². The summed E-state index contributed by atoms with van der Waals surface area (Å²) < 4.78 is 1.89. The van der Waals surface area contributed by atoms with E-state index < -0.39 is 0 Å². The maximum atomic E-state index is 4.37. The second-order valence-corrected chi connectivity index (χ2v) is 5.26. The van der Waals surface area contributed by atoms with Crippen molar-refractivity contribution in [3.63, 3.8) is 0 Å². The van der Waals surface area contributed by atoms with Crippen LogP contribution in [0, 0.1) is 11.8 Å². The molecule has 3 heterocycles. The lowest BCUT2D eigenvalue weighted by atomic mass is 10.0. The molecule has 1 saturated heterocycles. The van der Waals surface area contributed by atoms with Crippen molar-refractivity contribution < 1.29 is 0 Å². The number of allylic oxidation sites excluding steroid dienone is 1. The van der Waals surface area contributed by atoms with E-state index in [0.717, 1.165) is 22.9 Å². The summed E-state index contributed by atoms with van der Waals surface area (Å²) in [4.78, 5) is 8.30. The summed E-state index contributed by atoms with van der Waals surface area (Å²) in [5.74, 6) is 1.65. The highest BCUT2D eigenvalue weighted by Gasteiger charge is 2.34. The third kappa shape index (κ3) is 1.54. The summed E-state index contributed by atoms with van der Waals surface area (Å²) >= 11 is 0. The molecule has 0 unspecified atom stereocenters. The zero-order valence-corrected chi connectivity index (χ0v) is 10.1. The predicted octanol–water partition coefficient (Wildman–Crippen LogP) is 1.30. The number of aromatic nitrogens is 4. The van der Waals surface area contributed by atoms with Crippen molar-refractivity contribution in [1.29, 1.82) is 0 Å². The Labute approximate surface area is 105 Å². The molecule has 1 aliphatic carbocycles. The standard InChI is InChI=1S/C13H15N5/c1-9(2-11-4-14-3-10(1)11)7-18-13-12(6-17-18)5-15-8-16-13/h5-8,10-11,14H,1-4H2/b9-7-/t10-,11+/m0/s1. The van der Waals surface area contributed by atoms with Crippen LogP contribution in [-0.2, 0) is 0 Å². The average molecular weight is 241 g/mol.